The third-order valence-electron chi connectivity index (χ3n) is 2.76. The van der Waals surface area contributed by atoms with Gasteiger partial charge in [-0.15, -0.1) is 0 Å². The molecule has 0 radical (unpaired) electrons. The summed E-state index contributed by atoms with van der Waals surface area (Å²) in [7, 11) is 4.16. The number of nitrogens with zero attached hydrogens (tertiary/aromatic N) is 3. The fourth-order valence-corrected chi connectivity index (χ4v) is 1.87. The molecule has 3 N–H and O–H groups in total. The Morgan fingerprint density at radius 2 is 2.12 bits per heavy atom. The number of hydrogen-bond acceptors (Lipinski definition) is 3. The van der Waals surface area contributed by atoms with Crippen molar-refractivity contribution in [2.75, 3.05) is 27.2 Å². The van der Waals surface area contributed by atoms with Crippen molar-refractivity contribution in [3.05, 3.63) is 0 Å². The molecule has 1 atom stereocenters. The zero-order valence-corrected chi connectivity index (χ0v) is 10.9. The van der Waals surface area contributed by atoms with Crippen molar-refractivity contribution in [1.29, 1.82) is 0 Å². The van der Waals surface area contributed by atoms with Gasteiger partial charge in [0.2, 0.25) is 5.96 Å². The molecule has 16 heavy (non-hydrogen) atoms. The number of hydrazine groups is 1. The van der Waals surface area contributed by atoms with Crippen molar-refractivity contribution in [3.63, 3.8) is 0 Å². The van der Waals surface area contributed by atoms with Crippen molar-refractivity contribution < 1.29 is 0 Å². The van der Waals surface area contributed by atoms with Gasteiger partial charge in [-0.2, -0.15) is 0 Å². The first-order valence-corrected chi connectivity index (χ1v) is 6.04. The Kier molecular flexibility index (Phi) is 5.02. The molecular formula is C11H25N5. The largest absolute Gasteiger partial charge is 0.338 e. The molecule has 94 valence electrons. The molecule has 0 aromatic heterocycles. The molecule has 0 aliphatic heterocycles. The predicted octanol–water partition coefficient (Wildman–Crippen LogP) is 0.240. The van der Waals surface area contributed by atoms with E-state index in [9.17, 15) is 0 Å². The summed E-state index contributed by atoms with van der Waals surface area (Å²) in [5.41, 5.74) is 2.74. The Labute approximate surface area is 98.7 Å². The summed E-state index contributed by atoms with van der Waals surface area (Å²) in [4.78, 5) is 8.99. The summed E-state index contributed by atoms with van der Waals surface area (Å²) in [6, 6.07) is 0.903. The number of nitrogens with one attached hydrogen (secondary N) is 1. The van der Waals surface area contributed by atoms with E-state index in [1.165, 1.54) is 12.8 Å². The molecule has 0 bridgehead atoms. The lowest BCUT2D eigenvalue weighted by atomic mass is 10.3. The van der Waals surface area contributed by atoms with Crippen molar-refractivity contribution in [3.8, 4) is 0 Å². The van der Waals surface area contributed by atoms with Gasteiger partial charge in [-0.05, 0) is 40.8 Å². The highest BCUT2D eigenvalue weighted by Crippen LogP contribution is 2.23. The van der Waals surface area contributed by atoms with Crippen LogP contribution in [0.25, 0.3) is 0 Å². The summed E-state index contributed by atoms with van der Waals surface area (Å²) in [5, 5.41) is 0. The van der Waals surface area contributed by atoms with E-state index in [-0.39, 0.29) is 0 Å². The van der Waals surface area contributed by atoms with Crippen LogP contribution in [0.2, 0.25) is 0 Å². The molecule has 0 amide bonds. The lowest BCUT2D eigenvalue weighted by molar-refractivity contribution is 0.258. The fourth-order valence-electron chi connectivity index (χ4n) is 1.87. The van der Waals surface area contributed by atoms with E-state index in [4.69, 9.17) is 5.84 Å². The Hall–Kier alpha value is -0.810. The quantitative estimate of drug-likeness (QED) is 0.306. The molecule has 0 aromatic carbocycles. The molecule has 1 saturated carbocycles. The number of likely N-dealkylation sites (N-methyl/N-ethyl adjacent to an activating group) is 2. The van der Waals surface area contributed by atoms with E-state index in [1.807, 2.05) is 0 Å². The minimum atomic E-state index is 0.411. The van der Waals surface area contributed by atoms with Gasteiger partial charge in [0.15, 0.2) is 0 Å². The highest BCUT2D eigenvalue weighted by atomic mass is 15.4. The third-order valence-corrected chi connectivity index (χ3v) is 2.76. The predicted molar refractivity (Wildman–Crippen MR) is 68.2 cm³/mol. The van der Waals surface area contributed by atoms with Crippen LogP contribution >= 0.6 is 0 Å². The van der Waals surface area contributed by atoms with E-state index in [1.54, 1.807) is 0 Å². The van der Waals surface area contributed by atoms with Crippen LogP contribution in [0.4, 0.5) is 0 Å². The molecule has 1 aliphatic carbocycles. The van der Waals surface area contributed by atoms with Crippen LogP contribution in [0.15, 0.2) is 4.99 Å². The second-order valence-corrected chi connectivity index (χ2v) is 4.73. The highest BCUT2D eigenvalue weighted by molar-refractivity contribution is 5.80. The summed E-state index contributed by atoms with van der Waals surface area (Å²) in [6.07, 6.45) is 2.40. The second-order valence-electron chi connectivity index (χ2n) is 4.73. The van der Waals surface area contributed by atoms with Gasteiger partial charge in [0, 0.05) is 19.1 Å². The van der Waals surface area contributed by atoms with Crippen molar-refractivity contribution in [1.82, 2.24) is 15.2 Å². The molecule has 5 nitrogen and oxygen atoms in total. The van der Waals surface area contributed by atoms with Gasteiger partial charge >= 0.3 is 0 Å². The van der Waals surface area contributed by atoms with E-state index in [0.29, 0.717) is 12.1 Å². The first kappa shape index (κ1) is 13.3. The molecule has 0 aromatic rings. The van der Waals surface area contributed by atoms with Crippen LogP contribution in [-0.4, -0.2) is 55.0 Å². The average Bonchev–Trinajstić information content (AvgIpc) is 3.00. The third kappa shape index (κ3) is 3.98. The maximum absolute atomic E-state index is 5.56. The van der Waals surface area contributed by atoms with Gasteiger partial charge in [-0.3, -0.25) is 5.43 Å². The van der Waals surface area contributed by atoms with E-state index in [2.05, 4.69) is 48.2 Å². The van der Waals surface area contributed by atoms with Crippen LogP contribution < -0.4 is 11.3 Å². The lowest BCUT2D eigenvalue weighted by Gasteiger charge is -2.32. The van der Waals surface area contributed by atoms with Crippen molar-refractivity contribution >= 4 is 5.96 Å². The molecule has 1 fully saturated rings. The van der Waals surface area contributed by atoms with E-state index in [0.717, 1.165) is 19.0 Å². The van der Waals surface area contributed by atoms with Crippen molar-refractivity contribution in [2.24, 2.45) is 10.8 Å². The average molecular weight is 227 g/mol. The van der Waals surface area contributed by atoms with Crippen LogP contribution in [0.5, 0.6) is 0 Å². The Morgan fingerprint density at radius 3 is 2.50 bits per heavy atom. The number of rotatable bonds is 5. The minimum Gasteiger partial charge on any atom is -0.338 e. The Morgan fingerprint density at radius 1 is 1.50 bits per heavy atom. The monoisotopic (exact) mass is 227 g/mol. The van der Waals surface area contributed by atoms with Crippen LogP contribution in [0, 0.1) is 0 Å². The number of aliphatic imine (C=N–C) groups is 1. The maximum atomic E-state index is 5.56. The fraction of sp³-hybridized carbons (Fsp3) is 0.909. The van der Waals surface area contributed by atoms with Gasteiger partial charge in [-0.1, -0.05) is 0 Å². The molecule has 5 heteroatoms. The minimum absolute atomic E-state index is 0.411. The molecule has 1 rings (SSSR count). The molecule has 1 aliphatic rings. The smallest absolute Gasteiger partial charge is 0.208 e. The van der Waals surface area contributed by atoms with Gasteiger partial charge in [-0.25, -0.2) is 10.8 Å². The molecular weight excluding hydrogens is 202 g/mol. The Bertz CT molecular complexity index is 235. The van der Waals surface area contributed by atoms with Gasteiger partial charge in [0.05, 0.1) is 6.04 Å². The topological polar surface area (TPSA) is 56.9 Å². The number of nitrogens with two attached hydrogens (primary N) is 1. The summed E-state index contributed by atoms with van der Waals surface area (Å²) in [6.45, 7) is 6.25. The summed E-state index contributed by atoms with van der Waals surface area (Å²) in [5.74, 6) is 6.39. The number of guanidine groups is 1. The zero-order chi connectivity index (χ0) is 12.1. The zero-order valence-electron chi connectivity index (χ0n) is 10.9. The van der Waals surface area contributed by atoms with E-state index < -0.39 is 0 Å². The maximum Gasteiger partial charge on any atom is 0.208 e. The van der Waals surface area contributed by atoms with Crippen LogP contribution in [0.1, 0.15) is 26.7 Å². The van der Waals surface area contributed by atoms with Gasteiger partial charge in [0.25, 0.3) is 0 Å². The first-order chi connectivity index (χ1) is 7.58. The van der Waals surface area contributed by atoms with E-state index >= 15 is 0 Å². The SMILES string of the molecule is CCN(C(=NC1CC1)NN)C(C)CN(C)C. The molecule has 1 unspecified atom stereocenters. The molecule has 0 heterocycles. The van der Waals surface area contributed by atoms with Crippen LogP contribution in [-0.2, 0) is 0 Å². The second kappa shape index (κ2) is 6.06. The lowest BCUT2D eigenvalue weighted by Crippen LogP contribution is -2.51. The summed E-state index contributed by atoms with van der Waals surface area (Å²) >= 11 is 0. The van der Waals surface area contributed by atoms with Gasteiger partial charge in [0.1, 0.15) is 0 Å². The highest BCUT2D eigenvalue weighted by Gasteiger charge is 2.24. The Balaban J connectivity index is 2.61. The summed E-state index contributed by atoms with van der Waals surface area (Å²) < 4.78 is 0. The molecule has 0 saturated heterocycles. The van der Waals surface area contributed by atoms with Crippen LogP contribution in [0.3, 0.4) is 0 Å². The first-order valence-electron chi connectivity index (χ1n) is 6.04. The number of hydrogen-bond donors (Lipinski definition) is 2. The van der Waals surface area contributed by atoms with Crippen molar-refractivity contribution in [2.45, 2.75) is 38.8 Å². The normalized spacial score (nSPS) is 18.8. The standard InChI is InChI=1S/C11H25N5/c1-5-16(9(2)8-15(3)4)11(14-12)13-10-6-7-10/h9-10H,5-8,12H2,1-4H3,(H,13,14). The molecule has 0 spiro atoms. The van der Waals surface area contributed by atoms with Gasteiger partial charge < -0.3 is 9.80 Å².